The van der Waals surface area contributed by atoms with Crippen molar-refractivity contribution in [2.75, 3.05) is 12.3 Å². The third kappa shape index (κ3) is 2.68. The molecule has 0 bridgehead atoms. The Bertz CT molecular complexity index is 604. The lowest BCUT2D eigenvalue weighted by Gasteiger charge is -2.08. The zero-order chi connectivity index (χ0) is 13.1. The highest BCUT2D eigenvalue weighted by atomic mass is 35.5. The zero-order valence-electron chi connectivity index (χ0n) is 9.94. The van der Waals surface area contributed by atoms with Gasteiger partial charge in [0.25, 0.3) is 5.56 Å². The van der Waals surface area contributed by atoms with Gasteiger partial charge in [0.1, 0.15) is 11.6 Å². The molecule has 1 aromatic carbocycles. The Kier molecular flexibility index (Phi) is 3.62. The van der Waals surface area contributed by atoms with Crippen LogP contribution < -0.4 is 16.0 Å². The number of nitrogens with zero attached hydrogens (tertiary/aromatic N) is 1. The van der Waals surface area contributed by atoms with Crippen molar-refractivity contribution in [2.45, 2.75) is 13.5 Å². The van der Waals surface area contributed by atoms with Crippen LogP contribution >= 0.6 is 11.6 Å². The van der Waals surface area contributed by atoms with E-state index in [0.717, 1.165) is 5.56 Å². The topological polar surface area (TPSA) is 73.0 Å². The second kappa shape index (κ2) is 5.18. The van der Waals surface area contributed by atoms with Crippen LogP contribution in [0.4, 0.5) is 5.82 Å². The maximum absolute atomic E-state index is 11.5. The molecule has 6 heteroatoms. The number of nitrogens with one attached hydrogen (secondary N) is 1. The molecule has 0 amide bonds. The van der Waals surface area contributed by atoms with Crippen LogP contribution in [0.25, 0.3) is 0 Å². The fraction of sp³-hybridized carbons (Fsp3) is 0.250. The molecule has 18 heavy (non-hydrogen) atoms. The summed E-state index contributed by atoms with van der Waals surface area (Å²) in [5.74, 6) is 0.961. The summed E-state index contributed by atoms with van der Waals surface area (Å²) in [6.45, 7) is 2.82. The number of halogens is 1. The number of hydrogen-bond donors (Lipinski definition) is 2. The molecule has 0 aliphatic carbocycles. The molecular weight excluding hydrogens is 254 g/mol. The molecule has 2 rings (SSSR count). The minimum absolute atomic E-state index is 0.166. The van der Waals surface area contributed by atoms with Gasteiger partial charge in [-0.15, -0.1) is 0 Å². The van der Waals surface area contributed by atoms with Gasteiger partial charge in [0, 0.05) is 6.07 Å². The van der Waals surface area contributed by atoms with Crippen LogP contribution in [0.2, 0.25) is 5.02 Å². The summed E-state index contributed by atoms with van der Waals surface area (Å²) in [7, 11) is 0. The predicted molar refractivity (Wildman–Crippen MR) is 71.2 cm³/mol. The van der Waals surface area contributed by atoms with E-state index in [1.54, 1.807) is 6.07 Å². The zero-order valence-corrected chi connectivity index (χ0v) is 10.7. The maximum atomic E-state index is 11.5. The van der Waals surface area contributed by atoms with Crippen LogP contribution in [0.3, 0.4) is 0 Å². The summed E-state index contributed by atoms with van der Waals surface area (Å²) in [4.78, 5) is 11.5. The molecule has 0 atom stereocenters. The molecule has 0 fully saturated rings. The van der Waals surface area contributed by atoms with Crippen LogP contribution in [0.1, 0.15) is 12.5 Å². The number of aromatic nitrogens is 2. The predicted octanol–water partition coefficient (Wildman–Crippen LogP) is 1.86. The van der Waals surface area contributed by atoms with Gasteiger partial charge in [-0.2, -0.15) is 0 Å². The van der Waals surface area contributed by atoms with Crippen LogP contribution in [-0.2, 0) is 6.54 Å². The lowest BCUT2D eigenvalue weighted by atomic mass is 10.2. The van der Waals surface area contributed by atoms with E-state index in [1.165, 1.54) is 10.7 Å². The molecule has 3 N–H and O–H groups in total. The van der Waals surface area contributed by atoms with Crippen molar-refractivity contribution in [3.05, 3.63) is 45.2 Å². The first kappa shape index (κ1) is 12.6. The van der Waals surface area contributed by atoms with E-state index in [1.807, 2.05) is 19.1 Å². The molecule has 1 heterocycles. The standard InChI is InChI=1S/C12H14ClN3O2/c1-2-18-10-5-8(3-4-9(10)13)7-16-12(17)6-11(14)15-16/h3-6,15H,2,7,14H2,1H3. The van der Waals surface area contributed by atoms with E-state index >= 15 is 0 Å². The summed E-state index contributed by atoms with van der Waals surface area (Å²) in [5.41, 5.74) is 6.26. The molecular formula is C12H14ClN3O2. The van der Waals surface area contributed by atoms with Gasteiger partial charge in [0.15, 0.2) is 0 Å². The molecule has 0 aliphatic rings. The van der Waals surface area contributed by atoms with Crippen molar-refractivity contribution in [3.63, 3.8) is 0 Å². The Morgan fingerprint density at radius 3 is 2.83 bits per heavy atom. The van der Waals surface area contributed by atoms with Gasteiger partial charge >= 0.3 is 0 Å². The van der Waals surface area contributed by atoms with E-state index in [-0.39, 0.29) is 5.56 Å². The number of hydrogen-bond acceptors (Lipinski definition) is 3. The summed E-state index contributed by atoms with van der Waals surface area (Å²) < 4.78 is 6.82. The number of anilines is 1. The molecule has 2 aromatic rings. The van der Waals surface area contributed by atoms with Crippen LogP contribution in [-0.4, -0.2) is 16.4 Å². The molecule has 1 aromatic heterocycles. The van der Waals surface area contributed by atoms with E-state index in [2.05, 4.69) is 5.10 Å². The number of nitrogens with two attached hydrogens (primary N) is 1. The molecule has 96 valence electrons. The first-order valence-corrected chi connectivity index (χ1v) is 5.94. The van der Waals surface area contributed by atoms with Crippen molar-refractivity contribution in [3.8, 4) is 5.75 Å². The molecule has 0 saturated carbocycles. The molecule has 5 nitrogen and oxygen atoms in total. The number of ether oxygens (including phenoxy) is 1. The number of benzene rings is 1. The Balaban J connectivity index is 2.26. The van der Waals surface area contributed by atoms with Gasteiger partial charge in [0.05, 0.1) is 18.2 Å². The minimum Gasteiger partial charge on any atom is -0.492 e. The smallest absolute Gasteiger partial charge is 0.268 e. The van der Waals surface area contributed by atoms with Crippen molar-refractivity contribution in [2.24, 2.45) is 0 Å². The lowest BCUT2D eigenvalue weighted by molar-refractivity contribution is 0.340. The van der Waals surface area contributed by atoms with Gasteiger partial charge in [-0.1, -0.05) is 17.7 Å². The van der Waals surface area contributed by atoms with Gasteiger partial charge in [0.2, 0.25) is 0 Å². The monoisotopic (exact) mass is 267 g/mol. The molecule has 0 radical (unpaired) electrons. The van der Waals surface area contributed by atoms with Crippen LogP contribution in [0, 0.1) is 0 Å². The van der Waals surface area contributed by atoms with Crippen LogP contribution in [0.15, 0.2) is 29.1 Å². The van der Waals surface area contributed by atoms with E-state index in [4.69, 9.17) is 22.1 Å². The molecule has 0 spiro atoms. The van der Waals surface area contributed by atoms with E-state index < -0.39 is 0 Å². The summed E-state index contributed by atoms with van der Waals surface area (Å²) in [5, 5.41) is 3.32. The second-order valence-electron chi connectivity index (χ2n) is 3.83. The number of rotatable bonds is 4. The third-order valence-corrected chi connectivity index (χ3v) is 2.76. The first-order valence-electron chi connectivity index (χ1n) is 5.56. The second-order valence-corrected chi connectivity index (χ2v) is 4.24. The summed E-state index contributed by atoms with van der Waals surface area (Å²) >= 11 is 5.99. The number of H-pyrrole nitrogens is 1. The average Bonchev–Trinajstić information content (AvgIpc) is 2.62. The van der Waals surface area contributed by atoms with E-state index in [9.17, 15) is 4.79 Å². The Morgan fingerprint density at radius 2 is 2.22 bits per heavy atom. The SMILES string of the molecule is CCOc1cc(Cn2[nH]c(N)cc2=O)ccc1Cl. The average molecular weight is 268 g/mol. The fourth-order valence-corrected chi connectivity index (χ4v) is 1.84. The Morgan fingerprint density at radius 1 is 1.44 bits per heavy atom. The van der Waals surface area contributed by atoms with Crippen molar-refractivity contribution in [1.29, 1.82) is 0 Å². The van der Waals surface area contributed by atoms with Gasteiger partial charge < -0.3 is 10.5 Å². The van der Waals surface area contributed by atoms with Gasteiger partial charge in [-0.3, -0.25) is 9.89 Å². The summed E-state index contributed by atoms with van der Waals surface area (Å²) in [6.07, 6.45) is 0. The maximum Gasteiger partial charge on any atom is 0.268 e. The highest BCUT2D eigenvalue weighted by molar-refractivity contribution is 6.32. The number of nitrogen functional groups attached to an aromatic ring is 1. The van der Waals surface area contributed by atoms with Crippen molar-refractivity contribution >= 4 is 17.4 Å². The van der Waals surface area contributed by atoms with Crippen molar-refractivity contribution in [1.82, 2.24) is 9.78 Å². The highest BCUT2D eigenvalue weighted by Crippen LogP contribution is 2.25. The minimum atomic E-state index is -0.166. The molecule has 0 saturated heterocycles. The van der Waals surface area contributed by atoms with Crippen molar-refractivity contribution < 1.29 is 4.74 Å². The highest BCUT2D eigenvalue weighted by Gasteiger charge is 2.05. The van der Waals surface area contributed by atoms with Crippen LogP contribution in [0.5, 0.6) is 5.75 Å². The van der Waals surface area contributed by atoms with Gasteiger partial charge in [-0.05, 0) is 24.6 Å². The summed E-state index contributed by atoms with van der Waals surface area (Å²) in [6, 6.07) is 6.75. The number of aromatic amines is 1. The Hall–Kier alpha value is -1.88. The largest absolute Gasteiger partial charge is 0.492 e. The van der Waals surface area contributed by atoms with Gasteiger partial charge in [-0.25, -0.2) is 4.68 Å². The molecule has 0 unspecified atom stereocenters. The molecule has 0 aliphatic heterocycles. The third-order valence-electron chi connectivity index (χ3n) is 2.45. The lowest BCUT2D eigenvalue weighted by Crippen LogP contribution is -2.16. The quantitative estimate of drug-likeness (QED) is 0.888. The fourth-order valence-electron chi connectivity index (χ4n) is 1.67. The Labute approximate surface area is 109 Å². The normalized spacial score (nSPS) is 10.6. The first-order chi connectivity index (χ1) is 8.60. The van der Waals surface area contributed by atoms with E-state index in [0.29, 0.717) is 29.7 Å².